The van der Waals surface area contributed by atoms with E-state index in [1.165, 1.54) is 11.0 Å². The highest BCUT2D eigenvalue weighted by atomic mass is 16.5. The number of ether oxygens (including phenoxy) is 1. The summed E-state index contributed by atoms with van der Waals surface area (Å²) in [4.78, 5) is 33.0. The zero-order valence-electron chi connectivity index (χ0n) is 15.5. The lowest BCUT2D eigenvalue weighted by Crippen LogP contribution is -2.50. The van der Waals surface area contributed by atoms with E-state index < -0.39 is 0 Å². The van der Waals surface area contributed by atoms with Crippen molar-refractivity contribution < 1.29 is 14.3 Å². The molecule has 2 aliphatic rings. The second-order valence-electron chi connectivity index (χ2n) is 7.19. The molecular weight excluding hydrogens is 334 g/mol. The fourth-order valence-corrected chi connectivity index (χ4v) is 4.12. The topological polar surface area (TPSA) is 80.6 Å². The molecule has 142 valence electrons. The normalized spacial score (nSPS) is 26.4. The Bertz CT molecular complexity index is 674. The van der Waals surface area contributed by atoms with E-state index in [2.05, 4.69) is 16.7 Å². The molecule has 0 aliphatic carbocycles. The van der Waals surface area contributed by atoms with Crippen molar-refractivity contribution in [1.82, 2.24) is 24.6 Å². The molecule has 0 unspecified atom stereocenters. The Hall–Kier alpha value is -2.22. The van der Waals surface area contributed by atoms with Gasteiger partial charge in [0.25, 0.3) is 5.91 Å². The summed E-state index contributed by atoms with van der Waals surface area (Å²) in [5.74, 6) is 0.695. The number of piperidine rings is 1. The van der Waals surface area contributed by atoms with Crippen LogP contribution in [-0.2, 0) is 16.6 Å². The maximum atomic E-state index is 12.7. The van der Waals surface area contributed by atoms with Crippen LogP contribution in [0.5, 0.6) is 0 Å². The summed E-state index contributed by atoms with van der Waals surface area (Å²) in [6, 6.07) is 0. The number of fused-ring (bicyclic) bond motifs is 1. The van der Waals surface area contributed by atoms with Crippen molar-refractivity contribution in [3.8, 4) is 0 Å². The van der Waals surface area contributed by atoms with Gasteiger partial charge in [0.05, 0.1) is 13.2 Å². The Morgan fingerprint density at radius 3 is 2.85 bits per heavy atom. The molecule has 2 amide bonds. The summed E-state index contributed by atoms with van der Waals surface area (Å²) in [5, 5.41) is 4.11. The molecule has 3 atom stereocenters. The first-order chi connectivity index (χ1) is 12.5. The Labute approximate surface area is 153 Å². The molecule has 2 aliphatic heterocycles. The third-order valence-electron chi connectivity index (χ3n) is 5.41. The number of nitrogens with zero attached hydrogens (tertiary/aromatic N) is 5. The lowest BCUT2D eigenvalue weighted by molar-refractivity contribution is -0.144. The van der Waals surface area contributed by atoms with Gasteiger partial charge in [-0.15, -0.1) is 11.7 Å². The summed E-state index contributed by atoms with van der Waals surface area (Å²) in [5.41, 5.74) is 0. The van der Waals surface area contributed by atoms with E-state index in [1.807, 2.05) is 7.05 Å². The van der Waals surface area contributed by atoms with Crippen LogP contribution in [0.15, 0.2) is 19.0 Å². The van der Waals surface area contributed by atoms with Crippen molar-refractivity contribution in [2.24, 2.45) is 24.8 Å². The zero-order valence-corrected chi connectivity index (χ0v) is 15.5. The van der Waals surface area contributed by atoms with Crippen LogP contribution in [0.3, 0.4) is 0 Å². The van der Waals surface area contributed by atoms with E-state index in [9.17, 15) is 9.59 Å². The summed E-state index contributed by atoms with van der Waals surface area (Å²) in [6.07, 6.45) is 4.73. The molecular formula is C18H27N5O3. The standard InChI is InChI=1S/C18H27N5O3/c1-4-9-26-11-13-10-21(2)17(24)15-6-8-23(7-5-14(13)15)18(25)16-19-12-22(3)20-16/h4,12-15H,1,5-11H2,2-3H3/t13-,14-,15-/m0/s1. The van der Waals surface area contributed by atoms with Crippen molar-refractivity contribution in [3.05, 3.63) is 24.8 Å². The van der Waals surface area contributed by atoms with Crippen molar-refractivity contribution in [2.75, 3.05) is 39.9 Å². The summed E-state index contributed by atoms with van der Waals surface area (Å²) in [6.45, 7) is 6.68. The summed E-state index contributed by atoms with van der Waals surface area (Å²) < 4.78 is 7.21. The predicted octanol–water partition coefficient (Wildman–Crippen LogP) is 0.574. The number of hydrogen-bond donors (Lipinski definition) is 0. The van der Waals surface area contributed by atoms with E-state index in [0.29, 0.717) is 39.3 Å². The molecule has 3 rings (SSSR count). The van der Waals surface area contributed by atoms with Crippen LogP contribution < -0.4 is 0 Å². The van der Waals surface area contributed by atoms with Gasteiger partial charge in [0.2, 0.25) is 11.7 Å². The van der Waals surface area contributed by atoms with Crippen LogP contribution >= 0.6 is 0 Å². The minimum atomic E-state index is -0.162. The Morgan fingerprint density at radius 1 is 1.38 bits per heavy atom. The van der Waals surface area contributed by atoms with Crippen molar-refractivity contribution in [1.29, 1.82) is 0 Å². The molecule has 2 fully saturated rings. The largest absolute Gasteiger partial charge is 0.377 e. The van der Waals surface area contributed by atoms with Crippen molar-refractivity contribution in [2.45, 2.75) is 12.8 Å². The molecule has 2 saturated heterocycles. The second-order valence-corrected chi connectivity index (χ2v) is 7.19. The number of amides is 2. The van der Waals surface area contributed by atoms with Gasteiger partial charge in [-0.3, -0.25) is 14.3 Å². The zero-order chi connectivity index (χ0) is 18.7. The quantitative estimate of drug-likeness (QED) is 0.566. The molecule has 3 heterocycles. The highest BCUT2D eigenvalue weighted by molar-refractivity contribution is 5.90. The SMILES string of the molecule is C=CCOC[C@@H]1CN(C)C(=O)[C@H]2CCN(C(=O)c3ncn(C)n3)CC[C@@H]12. The first kappa shape index (κ1) is 18.6. The number of carbonyl (C=O) groups is 2. The van der Waals surface area contributed by atoms with Gasteiger partial charge in [-0.1, -0.05) is 6.08 Å². The number of carbonyl (C=O) groups excluding carboxylic acids is 2. The molecule has 1 aromatic rings. The van der Waals surface area contributed by atoms with Crippen LogP contribution in [-0.4, -0.2) is 76.3 Å². The first-order valence-electron chi connectivity index (χ1n) is 9.09. The smallest absolute Gasteiger partial charge is 0.293 e. The Morgan fingerprint density at radius 2 is 2.15 bits per heavy atom. The lowest BCUT2D eigenvalue weighted by Gasteiger charge is -2.41. The van der Waals surface area contributed by atoms with Gasteiger partial charge in [0, 0.05) is 45.6 Å². The lowest BCUT2D eigenvalue weighted by atomic mass is 9.75. The minimum absolute atomic E-state index is 0.0550. The van der Waals surface area contributed by atoms with Crippen LogP contribution in [0.25, 0.3) is 0 Å². The van der Waals surface area contributed by atoms with Crippen molar-refractivity contribution >= 4 is 11.8 Å². The summed E-state index contributed by atoms with van der Waals surface area (Å²) in [7, 11) is 3.59. The number of rotatable bonds is 5. The number of hydrogen-bond acceptors (Lipinski definition) is 5. The van der Waals surface area contributed by atoms with Gasteiger partial charge in [-0.2, -0.15) is 0 Å². The van der Waals surface area contributed by atoms with Gasteiger partial charge in [0.1, 0.15) is 6.33 Å². The van der Waals surface area contributed by atoms with Gasteiger partial charge in [-0.05, 0) is 18.8 Å². The third kappa shape index (κ3) is 3.80. The van der Waals surface area contributed by atoms with E-state index in [-0.39, 0.29) is 35.4 Å². The van der Waals surface area contributed by atoms with Crippen LogP contribution in [0, 0.1) is 17.8 Å². The highest BCUT2D eigenvalue weighted by Crippen LogP contribution is 2.36. The van der Waals surface area contributed by atoms with E-state index >= 15 is 0 Å². The number of aromatic nitrogens is 3. The van der Waals surface area contributed by atoms with Gasteiger partial charge in [-0.25, -0.2) is 4.98 Å². The molecule has 0 spiro atoms. The Balaban J connectivity index is 1.71. The molecule has 0 aromatic carbocycles. The molecule has 1 aromatic heterocycles. The molecule has 8 heteroatoms. The molecule has 8 nitrogen and oxygen atoms in total. The van der Waals surface area contributed by atoms with Crippen LogP contribution in [0.1, 0.15) is 23.5 Å². The third-order valence-corrected chi connectivity index (χ3v) is 5.41. The van der Waals surface area contributed by atoms with Gasteiger partial charge >= 0.3 is 0 Å². The van der Waals surface area contributed by atoms with Crippen molar-refractivity contribution in [3.63, 3.8) is 0 Å². The van der Waals surface area contributed by atoms with Crippen LogP contribution in [0.2, 0.25) is 0 Å². The van der Waals surface area contributed by atoms with Crippen LogP contribution in [0.4, 0.5) is 0 Å². The molecule has 0 saturated carbocycles. The first-order valence-corrected chi connectivity index (χ1v) is 9.09. The monoisotopic (exact) mass is 361 g/mol. The minimum Gasteiger partial charge on any atom is -0.377 e. The fourth-order valence-electron chi connectivity index (χ4n) is 4.12. The average Bonchev–Trinajstić information content (AvgIpc) is 2.93. The average molecular weight is 361 g/mol. The van der Waals surface area contributed by atoms with E-state index in [1.54, 1.807) is 22.9 Å². The van der Waals surface area contributed by atoms with Gasteiger partial charge in [0.15, 0.2) is 0 Å². The maximum Gasteiger partial charge on any atom is 0.293 e. The molecule has 0 bridgehead atoms. The second kappa shape index (κ2) is 7.99. The van der Waals surface area contributed by atoms with E-state index in [0.717, 1.165) is 6.42 Å². The molecule has 0 radical (unpaired) electrons. The number of likely N-dealkylation sites (tertiary alicyclic amines) is 2. The molecule has 0 N–H and O–H groups in total. The highest BCUT2D eigenvalue weighted by Gasteiger charge is 2.43. The number of aryl methyl sites for hydroxylation is 1. The predicted molar refractivity (Wildman–Crippen MR) is 95.3 cm³/mol. The Kier molecular flexibility index (Phi) is 5.70. The fraction of sp³-hybridized carbons (Fsp3) is 0.667. The molecule has 26 heavy (non-hydrogen) atoms. The van der Waals surface area contributed by atoms with Gasteiger partial charge < -0.3 is 14.5 Å². The maximum absolute atomic E-state index is 12.7. The summed E-state index contributed by atoms with van der Waals surface area (Å²) >= 11 is 0. The van der Waals surface area contributed by atoms with E-state index in [4.69, 9.17) is 4.74 Å².